The highest BCUT2D eigenvalue weighted by Crippen LogP contribution is 2.28. The Hall–Kier alpha value is -0.260. The number of nitrogens with zero attached hydrogens (tertiary/aromatic N) is 2. The van der Waals surface area contributed by atoms with Gasteiger partial charge in [0.15, 0.2) is 5.13 Å². The van der Waals surface area contributed by atoms with Gasteiger partial charge in [-0.05, 0) is 31.6 Å². The molecule has 1 fully saturated rings. The molecule has 19 heavy (non-hydrogen) atoms. The smallest absolute Gasteiger partial charge is 0.185 e. The molecule has 0 bridgehead atoms. The molecule has 1 aromatic rings. The largest absolute Gasteiger partial charge is 0.347 e. The second-order valence-corrected chi connectivity index (χ2v) is 7.14. The Labute approximate surface area is 125 Å². The lowest BCUT2D eigenvalue weighted by atomic mass is 10.3. The number of thioether (sulfide) groups is 1. The van der Waals surface area contributed by atoms with E-state index < -0.39 is 0 Å². The molecule has 108 valence electrons. The van der Waals surface area contributed by atoms with Gasteiger partial charge in [0.05, 0.1) is 5.69 Å². The van der Waals surface area contributed by atoms with Crippen molar-refractivity contribution in [1.29, 1.82) is 0 Å². The zero-order chi connectivity index (χ0) is 13.5. The van der Waals surface area contributed by atoms with Crippen molar-refractivity contribution in [3.63, 3.8) is 0 Å². The van der Waals surface area contributed by atoms with Crippen LogP contribution in [0, 0.1) is 0 Å². The Morgan fingerprint density at radius 1 is 1.26 bits per heavy atom. The Kier molecular flexibility index (Phi) is 6.47. The first kappa shape index (κ1) is 15.1. The van der Waals surface area contributed by atoms with Crippen molar-refractivity contribution >= 4 is 28.2 Å². The van der Waals surface area contributed by atoms with E-state index in [9.17, 15) is 0 Å². The monoisotopic (exact) mass is 299 g/mol. The average Bonchev–Trinajstić information content (AvgIpc) is 2.65. The predicted molar refractivity (Wildman–Crippen MR) is 87.6 cm³/mol. The molecule has 0 spiro atoms. The SMILES string of the molecule is CCCNCc1sc(N2CCCSCC2)nc1CC. The van der Waals surface area contributed by atoms with Crippen LogP contribution < -0.4 is 10.2 Å². The molecule has 2 rings (SSSR count). The summed E-state index contributed by atoms with van der Waals surface area (Å²) in [5, 5.41) is 4.75. The number of anilines is 1. The molecular weight excluding hydrogens is 274 g/mol. The Morgan fingerprint density at radius 2 is 2.16 bits per heavy atom. The number of thiazole rings is 1. The van der Waals surface area contributed by atoms with Gasteiger partial charge >= 0.3 is 0 Å². The van der Waals surface area contributed by atoms with Gasteiger partial charge in [-0.2, -0.15) is 11.8 Å². The first-order valence-electron chi connectivity index (χ1n) is 7.37. The van der Waals surface area contributed by atoms with Crippen molar-refractivity contribution < 1.29 is 0 Å². The van der Waals surface area contributed by atoms with Crippen LogP contribution >= 0.6 is 23.1 Å². The number of nitrogens with one attached hydrogen (secondary N) is 1. The zero-order valence-electron chi connectivity index (χ0n) is 12.1. The van der Waals surface area contributed by atoms with Crippen LogP contribution in [0.3, 0.4) is 0 Å². The van der Waals surface area contributed by atoms with Gasteiger partial charge in [0.2, 0.25) is 0 Å². The summed E-state index contributed by atoms with van der Waals surface area (Å²) in [6.45, 7) is 8.82. The highest BCUT2D eigenvalue weighted by molar-refractivity contribution is 7.99. The molecule has 0 atom stereocenters. The van der Waals surface area contributed by atoms with Crippen molar-refractivity contribution in [3.05, 3.63) is 10.6 Å². The van der Waals surface area contributed by atoms with Crippen molar-refractivity contribution in [2.45, 2.75) is 39.7 Å². The Morgan fingerprint density at radius 3 is 2.95 bits per heavy atom. The summed E-state index contributed by atoms with van der Waals surface area (Å²) in [5.74, 6) is 2.54. The van der Waals surface area contributed by atoms with Crippen LogP contribution in [-0.4, -0.2) is 36.1 Å². The summed E-state index contributed by atoms with van der Waals surface area (Å²) in [4.78, 5) is 8.78. The fourth-order valence-electron chi connectivity index (χ4n) is 2.24. The molecule has 0 amide bonds. The van der Waals surface area contributed by atoms with Gasteiger partial charge in [-0.25, -0.2) is 4.98 Å². The summed E-state index contributed by atoms with van der Waals surface area (Å²) in [7, 11) is 0. The summed E-state index contributed by atoms with van der Waals surface area (Å²) in [6, 6.07) is 0. The highest BCUT2D eigenvalue weighted by atomic mass is 32.2. The van der Waals surface area contributed by atoms with Crippen LogP contribution in [0.1, 0.15) is 37.3 Å². The molecule has 0 unspecified atom stereocenters. The molecule has 3 nitrogen and oxygen atoms in total. The molecule has 0 radical (unpaired) electrons. The summed E-state index contributed by atoms with van der Waals surface area (Å²) in [5.41, 5.74) is 1.29. The predicted octanol–water partition coefficient (Wildman–Crippen LogP) is 3.15. The van der Waals surface area contributed by atoms with Crippen LogP contribution in [-0.2, 0) is 13.0 Å². The van der Waals surface area contributed by atoms with Crippen molar-refractivity contribution in [1.82, 2.24) is 10.3 Å². The minimum atomic E-state index is 0.983. The van der Waals surface area contributed by atoms with Gasteiger partial charge in [-0.1, -0.05) is 13.8 Å². The van der Waals surface area contributed by atoms with E-state index >= 15 is 0 Å². The molecule has 1 aromatic heterocycles. The van der Waals surface area contributed by atoms with E-state index in [0.29, 0.717) is 0 Å². The van der Waals surface area contributed by atoms with E-state index in [2.05, 4.69) is 35.8 Å². The van der Waals surface area contributed by atoms with Gasteiger partial charge in [-0.3, -0.25) is 0 Å². The molecular formula is C14H25N3S2. The molecule has 5 heteroatoms. The standard InChI is InChI=1S/C14H25N3S2/c1-3-6-15-11-13-12(4-2)16-14(19-13)17-7-5-9-18-10-8-17/h15H,3-11H2,1-2H3. The van der Waals surface area contributed by atoms with Crippen LogP contribution in [0.5, 0.6) is 0 Å². The lowest BCUT2D eigenvalue weighted by Gasteiger charge is -2.18. The van der Waals surface area contributed by atoms with Crippen molar-refractivity contribution in [3.8, 4) is 0 Å². The number of aryl methyl sites for hydroxylation is 1. The fraction of sp³-hybridized carbons (Fsp3) is 0.786. The van der Waals surface area contributed by atoms with Gasteiger partial charge in [0, 0.05) is 30.3 Å². The van der Waals surface area contributed by atoms with E-state index in [0.717, 1.165) is 26.1 Å². The first-order valence-corrected chi connectivity index (χ1v) is 9.34. The first-order chi connectivity index (χ1) is 9.35. The normalized spacial score (nSPS) is 16.6. The Bertz CT molecular complexity index is 371. The summed E-state index contributed by atoms with van der Waals surface area (Å²) in [6.07, 6.45) is 3.52. The van der Waals surface area contributed by atoms with Gasteiger partial charge in [-0.15, -0.1) is 11.3 Å². The van der Waals surface area contributed by atoms with E-state index in [1.807, 2.05) is 11.3 Å². The fourth-order valence-corrected chi connectivity index (χ4v) is 4.29. The second-order valence-electron chi connectivity index (χ2n) is 4.85. The van der Waals surface area contributed by atoms with E-state index in [1.54, 1.807) is 0 Å². The minimum Gasteiger partial charge on any atom is -0.347 e. The maximum absolute atomic E-state index is 4.87. The maximum Gasteiger partial charge on any atom is 0.185 e. The number of rotatable bonds is 6. The summed E-state index contributed by atoms with van der Waals surface area (Å²) < 4.78 is 0. The zero-order valence-corrected chi connectivity index (χ0v) is 13.7. The number of hydrogen-bond donors (Lipinski definition) is 1. The topological polar surface area (TPSA) is 28.2 Å². The average molecular weight is 300 g/mol. The van der Waals surface area contributed by atoms with Crippen molar-refractivity contribution in [2.24, 2.45) is 0 Å². The lowest BCUT2D eigenvalue weighted by Crippen LogP contribution is -2.25. The van der Waals surface area contributed by atoms with Gasteiger partial charge in [0.1, 0.15) is 0 Å². The third-order valence-electron chi connectivity index (χ3n) is 3.31. The molecule has 2 heterocycles. The molecule has 1 saturated heterocycles. The Balaban J connectivity index is 2.03. The van der Waals surface area contributed by atoms with Gasteiger partial charge in [0.25, 0.3) is 0 Å². The third kappa shape index (κ3) is 4.36. The van der Waals surface area contributed by atoms with E-state index in [4.69, 9.17) is 4.98 Å². The van der Waals surface area contributed by atoms with Crippen LogP contribution in [0.4, 0.5) is 5.13 Å². The van der Waals surface area contributed by atoms with E-state index in [1.165, 1.54) is 46.6 Å². The minimum absolute atomic E-state index is 0.983. The molecule has 1 N–H and O–H groups in total. The maximum atomic E-state index is 4.87. The molecule has 1 aliphatic rings. The van der Waals surface area contributed by atoms with Crippen LogP contribution in [0.2, 0.25) is 0 Å². The van der Waals surface area contributed by atoms with Gasteiger partial charge < -0.3 is 10.2 Å². The second kappa shape index (κ2) is 8.12. The molecule has 0 aliphatic carbocycles. The molecule has 0 aromatic carbocycles. The van der Waals surface area contributed by atoms with E-state index in [-0.39, 0.29) is 0 Å². The quantitative estimate of drug-likeness (QED) is 0.817. The van der Waals surface area contributed by atoms with Crippen molar-refractivity contribution in [2.75, 3.05) is 36.0 Å². The lowest BCUT2D eigenvalue weighted by molar-refractivity contribution is 0.676. The summed E-state index contributed by atoms with van der Waals surface area (Å²) >= 11 is 3.96. The highest BCUT2D eigenvalue weighted by Gasteiger charge is 2.16. The number of hydrogen-bond acceptors (Lipinski definition) is 5. The number of aromatic nitrogens is 1. The third-order valence-corrected chi connectivity index (χ3v) is 5.51. The molecule has 0 saturated carbocycles. The molecule has 1 aliphatic heterocycles. The van der Waals surface area contributed by atoms with Crippen LogP contribution in [0.15, 0.2) is 0 Å². The van der Waals surface area contributed by atoms with Crippen LogP contribution in [0.25, 0.3) is 0 Å².